The summed E-state index contributed by atoms with van der Waals surface area (Å²) in [7, 11) is 2.80. The molecule has 33 heavy (non-hydrogen) atoms. The maximum atomic E-state index is 13.7. The van der Waals surface area contributed by atoms with Gasteiger partial charge in [0.2, 0.25) is 5.78 Å². The fraction of sp³-hybridized carbons (Fsp3) is 0.409. The molecule has 0 heterocycles. The Morgan fingerprint density at radius 1 is 1.12 bits per heavy atom. The number of hydrogen-bond donors (Lipinski definition) is 7. The van der Waals surface area contributed by atoms with E-state index in [0.717, 1.165) is 0 Å². The van der Waals surface area contributed by atoms with Gasteiger partial charge in [0.05, 0.1) is 40.7 Å². The van der Waals surface area contributed by atoms with Crippen molar-refractivity contribution in [3.05, 3.63) is 46.2 Å². The molecular formula is C22H24N2O9. The molecule has 11 nitrogen and oxygen atoms in total. The summed E-state index contributed by atoms with van der Waals surface area (Å²) in [5.41, 5.74) is -1.78. The molecule has 0 bridgehead atoms. The van der Waals surface area contributed by atoms with Crippen molar-refractivity contribution in [2.45, 2.75) is 30.3 Å². The normalized spacial score (nSPS) is 36.0. The molecule has 4 unspecified atom stereocenters. The average Bonchev–Trinajstić information content (AvgIpc) is 2.70. The monoisotopic (exact) mass is 460 g/mol. The summed E-state index contributed by atoms with van der Waals surface area (Å²) >= 11 is 0. The Kier molecular flexibility index (Phi) is 4.78. The highest BCUT2D eigenvalue weighted by Crippen LogP contribution is 2.57. The Hall–Kier alpha value is -3.25. The summed E-state index contributed by atoms with van der Waals surface area (Å²) in [6, 6.07) is 2.50. The number of phenols is 1. The SMILES string of the molecule is CN(C)[C@@H]1C(=O)C(C(N)=O)=C(O)C2(O)C(=O)C3=C(O)c4c(O)cccc4[C@@](C)(O)C3C(O)C12. The molecule has 0 radical (unpaired) electrons. The Labute approximate surface area is 187 Å². The minimum atomic E-state index is -3.02. The third-order valence-corrected chi connectivity index (χ3v) is 7.03. The van der Waals surface area contributed by atoms with Gasteiger partial charge in [0.15, 0.2) is 11.4 Å². The van der Waals surface area contributed by atoms with Crippen molar-refractivity contribution in [3.8, 4) is 5.75 Å². The largest absolute Gasteiger partial charge is 0.508 e. The second kappa shape index (κ2) is 6.87. The van der Waals surface area contributed by atoms with Gasteiger partial charge >= 0.3 is 0 Å². The minimum absolute atomic E-state index is 0.00664. The molecule has 0 saturated heterocycles. The Morgan fingerprint density at radius 2 is 1.73 bits per heavy atom. The minimum Gasteiger partial charge on any atom is -0.508 e. The van der Waals surface area contributed by atoms with Crippen LogP contribution in [0.15, 0.2) is 35.1 Å². The van der Waals surface area contributed by atoms with Crippen LogP contribution in [-0.4, -0.2) is 84.9 Å². The number of aromatic hydroxyl groups is 1. The summed E-state index contributed by atoms with van der Waals surface area (Å²) in [6.45, 7) is 1.25. The number of aliphatic hydroxyl groups is 5. The molecule has 1 amide bonds. The van der Waals surface area contributed by atoms with Crippen LogP contribution in [-0.2, 0) is 20.0 Å². The van der Waals surface area contributed by atoms with Crippen LogP contribution in [0.2, 0.25) is 0 Å². The number of phenolic OH excluding ortho intramolecular Hbond substituents is 1. The van der Waals surface area contributed by atoms with Crippen molar-refractivity contribution < 1.29 is 45.0 Å². The van der Waals surface area contributed by atoms with Crippen molar-refractivity contribution in [3.63, 3.8) is 0 Å². The van der Waals surface area contributed by atoms with Crippen molar-refractivity contribution >= 4 is 23.2 Å². The van der Waals surface area contributed by atoms with E-state index in [4.69, 9.17) is 5.73 Å². The van der Waals surface area contributed by atoms with Crippen LogP contribution in [0.5, 0.6) is 5.75 Å². The number of rotatable bonds is 2. The maximum Gasteiger partial charge on any atom is 0.255 e. The second-order valence-corrected chi connectivity index (χ2v) is 9.06. The van der Waals surface area contributed by atoms with Crippen LogP contribution in [0.4, 0.5) is 0 Å². The van der Waals surface area contributed by atoms with Crippen molar-refractivity contribution in [1.29, 1.82) is 0 Å². The molecule has 6 atom stereocenters. The lowest BCUT2D eigenvalue weighted by Crippen LogP contribution is -2.71. The number of likely N-dealkylation sites (N-methyl/N-ethyl adjacent to an activating group) is 1. The standard InChI is InChI=1S/C22H24N2O9/c1-21(32)7-5-4-6-8(25)9(7)15(26)10-12(21)17(28)13-14(24(2)3)16(27)11(20(23)31)19(30)22(13,33)18(10)29/h4-6,12-14,17,25-26,28,30,32-33H,1-3H3,(H2,23,31)/t12?,13?,14-,17?,21+,22?/m0/s1. The van der Waals surface area contributed by atoms with E-state index in [1.807, 2.05) is 0 Å². The van der Waals surface area contributed by atoms with E-state index in [9.17, 15) is 45.0 Å². The van der Waals surface area contributed by atoms with Crippen molar-refractivity contribution in [2.24, 2.45) is 17.6 Å². The first kappa shape index (κ1) is 22.9. The number of Topliss-reactive ketones (excluding diaryl/α,β-unsaturated/α-hetero) is 2. The number of nitrogens with two attached hydrogens (primary N) is 1. The Bertz CT molecular complexity index is 1180. The zero-order chi connectivity index (χ0) is 24.8. The highest BCUT2D eigenvalue weighted by atomic mass is 16.4. The van der Waals surface area contributed by atoms with Crippen molar-refractivity contribution in [1.82, 2.24) is 4.90 Å². The zero-order valence-corrected chi connectivity index (χ0v) is 18.0. The second-order valence-electron chi connectivity index (χ2n) is 9.06. The number of aliphatic hydroxyl groups excluding tert-OH is 3. The molecule has 1 saturated carbocycles. The topological polar surface area (TPSA) is 202 Å². The molecule has 11 heteroatoms. The number of ketones is 2. The highest BCUT2D eigenvalue weighted by molar-refractivity contribution is 6.24. The molecule has 1 aromatic carbocycles. The van der Waals surface area contributed by atoms with Crippen LogP contribution in [0.3, 0.4) is 0 Å². The Morgan fingerprint density at radius 3 is 2.27 bits per heavy atom. The molecule has 1 aromatic rings. The van der Waals surface area contributed by atoms with Crippen LogP contribution in [0.1, 0.15) is 18.1 Å². The molecular weight excluding hydrogens is 436 g/mol. The number of carbonyl (C=O) groups excluding carboxylic acids is 3. The van der Waals surface area contributed by atoms with Crippen LogP contribution in [0, 0.1) is 11.8 Å². The summed E-state index contributed by atoms with van der Waals surface area (Å²) in [4.78, 5) is 39.9. The molecule has 3 aliphatic carbocycles. The number of amides is 1. The van der Waals surface area contributed by atoms with Gasteiger partial charge in [-0.3, -0.25) is 19.3 Å². The van der Waals surface area contributed by atoms with Gasteiger partial charge in [-0.15, -0.1) is 0 Å². The summed E-state index contributed by atoms with van der Waals surface area (Å²) < 4.78 is 0. The molecule has 8 N–H and O–H groups in total. The number of hydrogen-bond acceptors (Lipinski definition) is 10. The average molecular weight is 460 g/mol. The molecule has 1 fully saturated rings. The Balaban J connectivity index is 2.11. The van der Waals surface area contributed by atoms with E-state index in [1.54, 1.807) is 0 Å². The van der Waals surface area contributed by atoms with Gasteiger partial charge in [-0.25, -0.2) is 0 Å². The summed E-state index contributed by atoms with van der Waals surface area (Å²) in [5, 5.41) is 66.3. The first-order valence-electron chi connectivity index (χ1n) is 10.1. The first-order valence-corrected chi connectivity index (χ1v) is 10.1. The molecule has 4 rings (SSSR count). The van der Waals surface area contributed by atoms with Gasteiger partial charge in [0.1, 0.15) is 22.8 Å². The van der Waals surface area contributed by atoms with Gasteiger partial charge in [0, 0.05) is 0 Å². The van der Waals surface area contributed by atoms with Crippen molar-refractivity contribution in [2.75, 3.05) is 14.1 Å². The number of nitrogens with zero attached hydrogens (tertiary/aromatic N) is 1. The van der Waals surface area contributed by atoms with E-state index in [2.05, 4.69) is 0 Å². The van der Waals surface area contributed by atoms with Gasteiger partial charge in [-0.1, -0.05) is 12.1 Å². The number of carbonyl (C=O) groups is 3. The number of benzene rings is 1. The lowest BCUT2D eigenvalue weighted by atomic mass is 9.53. The molecule has 0 aliphatic heterocycles. The third kappa shape index (κ3) is 2.61. The lowest BCUT2D eigenvalue weighted by molar-refractivity contribution is -0.181. The smallest absolute Gasteiger partial charge is 0.255 e. The summed E-state index contributed by atoms with van der Waals surface area (Å²) in [6.07, 6.45) is -1.87. The summed E-state index contributed by atoms with van der Waals surface area (Å²) in [5.74, 6) is -9.67. The van der Waals surface area contributed by atoms with E-state index in [0.29, 0.717) is 0 Å². The van der Waals surface area contributed by atoms with Gasteiger partial charge < -0.3 is 36.4 Å². The quantitative estimate of drug-likeness (QED) is 0.257. The zero-order valence-electron chi connectivity index (χ0n) is 18.0. The van der Waals surface area contributed by atoms with E-state index in [-0.39, 0.29) is 11.1 Å². The maximum absolute atomic E-state index is 13.7. The van der Waals surface area contributed by atoms with E-state index in [1.165, 1.54) is 44.1 Å². The molecule has 0 spiro atoms. The number of fused-ring (bicyclic) bond motifs is 3. The van der Waals surface area contributed by atoms with E-state index < -0.39 is 81.1 Å². The van der Waals surface area contributed by atoms with Crippen LogP contribution >= 0.6 is 0 Å². The van der Waals surface area contributed by atoms with Crippen LogP contribution in [0.25, 0.3) is 5.76 Å². The predicted octanol–water partition coefficient (Wildman–Crippen LogP) is -1.40. The fourth-order valence-electron chi connectivity index (χ4n) is 5.60. The number of primary amides is 1. The van der Waals surface area contributed by atoms with Crippen LogP contribution < -0.4 is 5.73 Å². The van der Waals surface area contributed by atoms with Gasteiger partial charge in [0.25, 0.3) is 5.91 Å². The molecule has 0 aromatic heterocycles. The first-order chi connectivity index (χ1) is 15.2. The third-order valence-electron chi connectivity index (χ3n) is 7.03. The fourth-order valence-corrected chi connectivity index (χ4v) is 5.60. The predicted molar refractivity (Wildman–Crippen MR) is 112 cm³/mol. The van der Waals surface area contributed by atoms with Gasteiger partial charge in [-0.05, 0) is 32.6 Å². The van der Waals surface area contributed by atoms with E-state index >= 15 is 0 Å². The highest BCUT2D eigenvalue weighted by Gasteiger charge is 2.70. The lowest BCUT2D eigenvalue weighted by Gasteiger charge is -2.55. The van der Waals surface area contributed by atoms with Gasteiger partial charge in [-0.2, -0.15) is 0 Å². The molecule has 3 aliphatic rings. The molecule has 176 valence electrons.